The van der Waals surface area contributed by atoms with Gasteiger partial charge in [-0.25, -0.2) is 14.8 Å². The summed E-state index contributed by atoms with van der Waals surface area (Å²) in [6.45, 7) is 6.91. The van der Waals surface area contributed by atoms with Crippen LogP contribution in [0.3, 0.4) is 0 Å². The van der Waals surface area contributed by atoms with Gasteiger partial charge in [0, 0.05) is 24.8 Å². The summed E-state index contributed by atoms with van der Waals surface area (Å²) in [7, 11) is 0. The topological polar surface area (TPSA) is 79.4 Å². The summed E-state index contributed by atoms with van der Waals surface area (Å²) in [5.41, 5.74) is 2.95. The van der Waals surface area contributed by atoms with Crippen LogP contribution < -0.4 is 15.5 Å². The molecule has 1 aromatic carbocycles. The molecule has 2 N–H and O–H groups in total. The number of morpholine rings is 1. The van der Waals surface area contributed by atoms with E-state index in [0.717, 1.165) is 35.7 Å². The van der Waals surface area contributed by atoms with Crippen LogP contribution in [0.15, 0.2) is 30.6 Å². The van der Waals surface area contributed by atoms with Crippen molar-refractivity contribution >= 4 is 23.4 Å². The highest BCUT2D eigenvalue weighted by molar-refractivity contribution is 5.99. The number of ether oxygens (including phenoxy) is 1. The first kappa shape index (κ1) is 16.2. The number of nitrogens with one attached hydrogen (secondary N) is 2. The average molecular weight is 327 g/mol. The van der Waals surface area contributed by atoms with Crippen LogP contribution in [-0.2, 0) is 4.74 Å². The molecule has 1 aliphatic rings. The largest absolute Gasteiger partial charge is 0.378 e. The molecule has 0 bridgehead atoms. The minimum Gasteiger partial charge on any atom is -0.378 e. The summed E-state index contributed by atoms with van der Waals surface area (Å²) in [6.07, 6.45) is 1.46. The van der Waals surface area contributed by atoms with Gasteiger partial charge in [0.25, 0.3) is 0 Å². The molecule has 7 heteroatoms. The van der Waals surface area contributed by atoms with E-state index >= 15 is 0 Å². The van der Waals surface area contributed by atoms with Crippen LogP contribution in [0, 0.1) is 13.8 Å². The van der Waals surface area contributed by atoms with Crippen molar-refractivity contribution < 1.29 is 9.53 Å². The molecule has 0 saturated carbocycles. The van der Waals surface area contributed by atoms with Crippen molar-refractivity contribution in [3.8, 4) is 0 Å². The maximum absolute atomic E-state index is 12.2. The first-order valence-corrected chi connectivity index (χ1v) is 7.92. The summed E-state index contributed by atoms with van der Waals surface area (Å²) in [6, 6.07) is 7.32. The van der Waals surface area contributed by atoms with E-state index in [0.29, 0.717) is 19.0 Å². The number of urea groups is 1. The van der Waals surface area contributed by atoms with E-state index < -0.39 is 0 Å². The van der Waals surface area contributed by atoms with E-state index in [4.69, 9.17) is 4.74 Å². The second kappa shape index (κ2) is 7.27. The Balaban J connectivity index is 1.65. The van der Waals surface area contributed by atoms with Gasteiger partial charge in [0.2, 0.25) is 0 Å². The molecule has 0 atom stereocenters. The van der Waals surface area contributed by atoms with E-state index in [1.807, 2.05) is 32.0 Å². The lowest BCUT2D eigenvalue weighted by Gasteiger charge is -2.27. The number of benzene rings is 1. The predicted molar refractivity (Wildman–Crippen MR) is 93.6 cm³/mol. The minimum absolute atomic E-state index is 0.325. The Bertz CT molecular complexity index is 729. The standard InChI is InChI=1S/C17H21N5O2/c1-12-3-4-14(13(2)9-12)20-17(23)21-15-10-16(19-11-18-15)22-5-7-24-8-6-22/h3-4,9-11H,5-8H2,1-2H3,(H2,18,19,20,21,23). The average Bonchev–Trinajstić information content (AvgIpc) is 2.58. The number of anilines is 3. The Morgan fingerprint density at radius 3 is 2.67 bits per heavy atom. The summed E-state index contributed by atoms with van der Waals surface area (Å²) >= 11 is 0. The Hall–Kier alpha value is -2.67. The lowest BCUT2D eigenvalue weighted by Crippen LogP contribution is -2.36. The quantitative estimate of drug-likeness (QED) is 0.906. The SMILES string of the molecule is Cc1ccc(NC(=O)Nc2cc(N3CCOCC3)ncn2)c(C)c1. The Morgan fingerprint density at radius 1 is 1.12 bits per heavy atom. The molecule has 3 rings (SSSR count). The number of carbonyl (C=O) groups excluding carboxylic acids is 1. The first-order chi connectivity index (χ1) is 11.6. The number of hydrogen-bond donors (Lipinski definition) is 2. The lowest BCUT2D eigenvalue weighted by molar-refractivity contribution is 0.122. The number of carbonyl (C=O) groups is 1. The van der Waals surface area contributed by atoms with E-state index in [1.165, 1.54) is 6.33 Å². The number of aryl methyl sites for hydroxylation is 2. The van der Waals surface area contributed by atoms with Gasteiger partial charge in [-0.3, -0.25) is 5.32 Å². The predicted octanol–water partition coefficient (Wildman–Crippen LogP) is 2.57. The van der Waals surface area contributed by atoms with E-state index in [-0.39, 0.29) is 6.03 Å². The molecule has 1 fully saturated rings. The number of hydrogen-bond acceptors (Lipinski definition) is 5. The zero-order valence-corrected chi connectivity index (χ0v) is 13.9. The zero-order valence-electron chi connectivity index (χ0n) is 13.9. The Kier molecular flexibility index (Phi) is 4.90. The van der Waals surface area contributed by atoms with Crippen molar-refractivity contribution in [1.82, 2.24) is 9.97 Å². The van der Waals surface area contributed by atoms with Crippen LogP contribution in [0.25, 0.3) is 0 Å². The normalized spacial score (nSPS) is 14.3. The Labute approximate surface area is 141 Å². The number of nitrogens with zero attached hydrogens (tertiary/aromatic N) is 3. The van der Waals surface area contributed by atoms with Gasteiger partial charge in [-0.05, 0) is 25.5 Å². The third-order valence-electron chi connectivity index (χ3n) is 3.86. The van der Waals surface area contributed by atoms with Crippen molar-refractivity contribution in [2.75, 3.05) is 41.8 Å². The van der Waals surface area contributed by atoms with Crippen LogP contribution in [0.5, 0.6) is 0 Å². The summed E-state index contributed by atoms with van der Waals surface area (Å²) in [5.74, 6) is 1.25. The molecule has 1 saturated heterocycles. The van der Waals surface area contributed by atoms with Crippen LogP contribution in [0.4, 0.5) is 22.1 Å². The van der Waals surface area contributed by atoms with Crippen molar-refractivity contribution in [2.24, 2.45) is 0 Å². The van der Waals surface area contributed by atoms with Crippen molar-refractivity contribution in [2.45, 2.75) is 13.8 Å². The zero-order chi connectivity index (χ0) is 16.9. The fraction of sp³-hybridized carbons (Fsp3) is 0.353. The smallest absolute Gasteiger partial charge is 0.324 e. The maximum Gasteiger partial charge on any atom is 0.324 e. The highest BCUT2D eigenvalue weighted by Crippen LogP contribution is 2.18. The monoisotopic (exact) mass is 327 g/mol. The van der Waals surface area contributed by atoms with Gasteiger partial charge in [-0.2, -0.15) is 0 Å². The molecule has 1 aliphatic heterocycles. The second-order valence-electron chi connectivity index (χ2n) is 5.76. The molecular formula is C17H21N5O2. The van der Waals surface area contributed by atoms with Gasteiger partial charge in [0.05, 0.1) is 13.2 Å². The fourth-order valence-corrected chi connectivity index (χ4v) is 2.60. The van der Waals surface area contributed by atoms with Crippen LogP contribution >= 0.6 is 0 Å². The molecule has 0 aliphatic carbocycles. The van der Waals surface area contributed by atoms with Crippen molar-refractivity contribution in [3.05, 3.63) is 41.7 Å². The lowest BCUT2D eigenvalue weighted by atomic mass is 10.1. The molecule has 2 amide bonds. The van der Waals surface area contributed by atoms with E-state index in [2.05, 4.69) is 25.5 Å². The van der Waals surface area contributed by atoms with Gasteiger partial charge >= 0.3 is 6.03 Å². The van der Waals surface area contributed by atoms with Crippen LogP contribution in [0.2, 0.25) is 0 Å². The Morgan fingerprint density at radius 2 is 1.92 bits per heavy atom. The summed E-state index contributed by atoms with van der Waals surface area (Å²) < 4.78 is 5.34. The molecule has 24 heavy (non-hydrogen) atoms. The number of amides is 2. The third kappa shape index (κ3) is 3.99. The third-order valence-corrected chi connectivity index (χ3v) is 3.86. The molecule has 7 nitrogen and oxygen atoms in total. The van der Waals surface area contributed by atoms with E-state index in [1.54, 1.807) is 6.07 Å². The van der Waals surface area contributed by atoms with Crippen LogP contribution in [0.1, 0.15) is 11.1 Å². The molecule has 0 unspecified atom stereocenters. The minimum atomic E-state index is -0.325. The summed E-state index contributed by atoms with van der Waals surface area (Å²) in [4.78, 5) is 22.7. The number of rotatable bonds is 3. The van der Waals surface area contributed by atoms with Gasteiger partial charge in [0.15, 0.2) is 0 Å². The highest BCUT2D eigenvalue weighted by atomic mass is 16.5. The van der Waals surface area contributed by atoms with Gasteiger partial charge < -0.3 is 15.0 Å². The van der Waals surface area contributed by atoms with Crippen molar-refractivity contribution in [1.29, 1.82) is 0 Å². The molecule has 2 aromatic rings. The second-order valence-corrected chi connectivity index (χ2v) is 5.76. The first-order valence-electron chi connectivity index (χ1n) is 7.92. The maximum atomic E-state index is 12.2. The number of aromatic nitrogens is 2. The molecule has 0 radical (unpaired) electrons. The summed E-state index contributed by atoms with van der Waals surface area (Å²) in [5, 5.41) is 5.59. The van der Waals surface area contributed by atoms with Gasteiger partial charge in [-0.1, -0.05) is 17.7 Å². The fourth-order valence-electron chi connectivity index (χ4n) is 2.60. The molecule has 126 valence electrons. The van der Waals surface area contributed by atoms with Crippen molar-refractivity contribution in [3.63, 3.8) is 0 Å². The molecule has 1 aromatic heterocycles. The highest BCUT2D eigenvalue weighted by Gasteiger charge is 2.14. The van der Waals surface area contributed by atoms with Gasteiger partial charge in [0.1, 0.15) is 18.0 Å². The van der Waals surface area contributed by atoms with E-state index in [9.17, 15) is 4.79 Å². The molecule has 0 spiro atoms. The van der Waals surface area contributed by atoms with Gasteiger partial charge in [-0.15, -0.1) is 0 Å². The molecule has 2 heterocycles. The molecular weight excluding hydrogens is 306 g/mol. The van der Waals surface area contributed by atoms with Crippen LogP contribution in [-0.4, -0.2) is 42.3 Å².